The average molecular weight is 360 g/mol. The van der Waals surface area contributed by atoms with E-state index in [0.29, 0.717) is 13.2 Å². The maximum absolute atomic E-state index is 9.84. The van der Waals surface area contributed by atoms with Gasteiger partial charge >= 0.3 is 0 Å². The van der Waals surface area contributed by atoms with Gasteiger partial charge in [-0.25, -0.2) is 4.98 Å². The topological polar surface area (TPSA) is 90.7 Å². The van der Waals surface area contributed by atoms with Crippen molar-refractivity contribution in [2.75, 3.05) is 24.7 Å². The molecule has 2 fully saturated rings. The van der Waals surface area contributed by atoms with Gasteiger partial charge in [0.05, 0.1) is 36.4 Å². The highest BCUT2D eigenvalue weighted by atomic mass is 16.5. The van der Waals surface area contributed by atoms with E-state index in [9.17, 15) is 5.26 Å². The maximum atomic E-state index is 9.84. The van der Waals surface area contributed by atoms with E-state index in [2.05, 4.69) is 39.1 Å². The molecule has 7 nitrogen and oxygen atoms in total. The molecule has 1 atom stereocenters. The molecule has 1 N–H and O–H groups in total. The standard InChI is InChI=1S/C20H20N6O/c1-13-11-27-9-8-26(13)17-10-15(20(12-21)4-5-20)14-2-6-22-19(18(14)24-17)16-3-7-23-25-16/h2-3,6-7,10,13H,4-5,8-9,11H2,1H3,(H,23,25)/t13-/m1/s1. The van der Waals surface area contributed by atoms with E-state index in [1.165, 1.54) is 0 Å². The fourth-order valence-corrected chi connectivity index (χ4v) is 3.90. The number of rotatable bonds is 3. The summed E-state index contributed by atoms with van der Waals surface area (Å²) in [6.45, 7) is 4.29. The van der Waals surface area contributed by atoms with Gasteiger partial charge in [-0.2, -0.15) is 10.4 Å². The molecular formula is C20H20N6O. The Labute approximate surface area is 157 Å². The van der Waals surface area contributed by atoms with Crippen molar-refractivity contribution in [3.8, 4) is 17.5 Å². The molecule has 0 unspecified atom stereocenters. The zero-order valence-electron chi connectivity index (χ0n) is 15.1. The van der Waals surface area contributed by atoms with E-state index in [-0.39, 0.29) is 6.04 Å². The predicted molar refractivity (Wildman–Crippen MR) is 101 cm³/mol. The summed E-state index contributed by atoms with van der Waals surface area (Å²) < 4.78 is 5.59. The lowest BCUT2D eigenvalue weighted by Crippen LogP contribution is -2.44. The average Bonchev–Trinajstić information content (AvgIpc) is 3.31. The van der Waals surface area contributed by atoms with Gasteiger partial charge in [-0.1, -0.05) is 0 Å². The smallest absolute Gasteiger partial charge is 0.130 e. The summed E-state index contributed by atoms with van der Waals surface area (Å²) in [5.74, 6) is 0.892. The molecule has 5 rings (SSSR count). The molecule has 1 aliphatic carbocycles. The highest BCUT2D eigenvalue weighted by Crippen LogP contribution is 2.50. The SMILES string of the molecule is C[C@@H]1COCCN1c1cc(C2(C#N)CC2)c2ccnc(-c3ccn[nH]3)c2n1. The van der Waals surface area contributed by atoms with Crippen LogP contribution in [0.3, 0.4) is 0 Å². The molecule has 0 spiro atoms. The first-order valence-corrected chi connectivity index (χ1v) is 9.27. The van der Waals surface area contributed by atoms with Gasteiger partial charge in [0.2, 0.25) is 0 Å². The van der Waals surface area contributed by atoms with E-state index in [1.54, 1.807) is 12.4 Å². The van der Waals surface area contributed by atoms with E-state index in [4.69, 9.17) is 9.72 Å². The molecule has 2 aliphatic rings. The van der Waals surface area contributed by atoms with E-state index in [1.807, 2.05) is 12.1 Å². The number of H-pyrrole nitrogens is 1. The Kier molecular flexibility index (Phi) is 3.62. The highest BCUT2D eigenvalue weighted by Gasteiger charge is 2.46. The number of ether oxygens (including phenoxy) is 1. The molecule has 1 saturated carbocycles. The molecule has 0 bridgehead atoms. The van der Waals surface area contributed by atoms with Gasteiger partial charge in [0.1, 0.15) is 17.0 Å². The number of nitriles is 1. The number of morpholine rings is 1. The van der Waals surface area contributed by atoms with Gasteiger partial charge in [0.25, 0.3) is 0 Å². The van der Waals surface area contributed by atoms with Crippen molar-refractivity contribution in [3.63, 3.8) is 0 Å². The van der Waals surface area contributed by atoms with Crippen LogP contribution >= 0.6 is 0 Å². The predicted octanol–water partition coefficient (Wildman–Crippen LogP) is 2.80. The van der Waals surface area contributed by atoms with Crippen LogP contribution in [0.1, 0.15) is 25.3 Å². The zero-order chi connectivity index (χ0) is 18.4. The molecular weight excluding hydrogens is 340 g/mol. The lowest BCUT2D eigenvalue weighted by atomic mass is 9.93. The third-order valence-corrected chi connectivity index (χ3v) is 5.61. The molecule has 0 amide bonds. The van der Waals surface area contributed by atoms with Gasteiger partial charge in [-0.05, 0) is 43.5 Å². The van der Waals surface area contributed by atoms with E-state index < -0.39 is 5.41 Å². The van der Waals surface area contributed by atoms with Crippen molar-refractivity contribution < 1.29 is 4.74 Å². The Morgan fingerprint density at radius 3 is 2.93 bits per heavy atom. The molecule has 0 aromatic carbocycles. The quantitative estimate of drug-likeness (QED) is 0.772. The monoisotopic (exact) mass is 360 g/mol. The first-order valence-electron chi connectivity index (χ1n) is 9.27. The first kappa shape index (κ1) is 16.2. The number of nitrogens with zero attached hydrogens (tertiary/aromatic N) is 5. The lowest BCUT2D eigenvalue weighted by Gasteiger charge is -2.35. The number of hydrogen-bond acceptors (Lipinski definition) is 6. The number of hydrogen-bond donors (Lipinski definition) is 1. The molecule has 4 heterocycles. The molecule has 0 radical (unpaired) electrons. The summed E-state index contributed by atoms with van der Waals surface area (Å²) in [7, 11) is 0. The van der Waals surface area contributed by atoms with E-state index in [0.717, 1.165) is 53.1 Å². The number of pyridine rings is 2. The lowest BCUT2D eigenvalue weighted by molar-refractivity contribution is 0.0985. The minimum Gasteiger partial charge on any atom is -0.377 e. The number of nitrogens with one attached hydrogen (secondary N) is 1. The maximum Gasteiger partial charge on any atom is 0.130 e. The van der Waals surface area contributed by atoms with Gasteiger partial charge in [-0.15, -0.1) is 0 Å². The normalized spacial score (nSPS) is 21.2. The minimum atomic E-state index is -0.405. The Hall–Kier alpha value is -2.98. The first-order chi connectivity index (χ1) is 13.2. The van der Waals surface area contributed by atoms with Crippen LogP contribution in [0, 0.1) is 11.3 Å². The van der Waals surface area contributed by atoms with Crippen LogP contribution in [-0.2, 0) is 10.2 Å². The Bertz CT molecular complexity index is 1030. The summed E-state index contributed by atoms with van der Waals surface area (Å²) in [4.78, 5) is 11.8. The van der Waals surface area contributed by atoms with Gasteiger partial charge in [-0.3, -0.25) is 10.1 Å². The third kappa shape index (κ3) is 2.56. The summed E-state index contributed by atoms with van der Waals surface area (Å²) in [5, 5.41) is 17.9. The second kappa shape index (κ2) is 6.03. The van der Waals surface area contributed by atoms with Crippen LogP contribution < -0.4 is 4.90 Å². The number of aromatic amines is 1. The van der Waals surface area contributed by atoms with Crippen LogP contribution in [0.25, 0.3) is 22.3 Å². The minimum absolute atomic E-state index is 0.237. The van der Waals surface area contributed by atoms with Gasteiger partial charge in [0, 0.05) is 24.3 Å². The van der Waals surface area contributed by atoms with Crippen molar-refractivity contribution in [2.24, 2.45) is 0 Å². The molecule has 7 heteroatoms. The second-order valence-corrected chi connectivity index (χ2v) is 7.37. The fraction of sp³-hybridized carbons (Fsp3) is 0.400. The van der Waals surface area contributed by atoms with Crippen molar-refractivity contribution >= 4 is 16.7 Å². The van der Waals surface area contributed by atoms with Crippen molar-refractivity contribution in [2.45, 2.75) is 31.2 Å². The third-order valence-electron chi connectivity index (χ3n) is 5.61. The van der Waals surface area contributed by atoms with Crippen LogP contribution in [0.15, 0.2) is 30.6 Å². The number of aromatic nitrogens is 4. The summed E-state index contributed by atoms with van der Waals surface area (Å²) in [6.07, 6.45) is 5.28. The van der Waals surface area contributed by atoms with Crippen LogP contribution in [-0.4, -0.2) is 46.0 Å². The molecule has 27 heavy (non-hydrogen) atoms. The molecule has 136 valence electrons. The van der Waals surface area contributed by atoms with Crippen molar-refractivity contribution in [1.29, 1.82) is 5.26 Å². The number of anilines is 1. The number of fused-ring (bicyclic) bond motifs is 1. The largest absolute Gasteiger partial charge is 0.377 e. The zero-order valence-corrected chi connectivity index (χ0v) is 15.1. The fourth-order valence-electron chi connectivity index (χ4n) is 3.90. The van der Waals surface area contributed by atoms with Gasteiger partial charge in [0.15, 0.2) is 0 Å². The Morgan fingerprint density at radius 1 is 1.33 bits per heavy atom. The van der Waals surface area contributed by atoms with Crippen molar-refractivity contribution in [1.82, 2.24) is 20.2 Å². The van der Waals surface area contributed by atoms with Gasteiger partial charge < -0.3 is 9.64 Å². The van der Waals surface area contributed by atoms with Crippen LogP contribution in [0.5, 0.6) is 0 Å². The summed E-state index contributed by atoms with van der Waals surface area (Å²) >= 11 is 0. The molecule has 1 aliphatic heterocycles. The van der Waals surface area contributed by atoms with E-state index >= 15 is 0 Å². The highest BCUT2D eigenvalue weighted by molar-refractivity contribution is 5.95. The Balaban J connectivity index is 1.77. The van der Waals surface area contributed by atoms with Crippen LogP contribution in [0.4, 0.5) is 5.82 Å². The van der Waals surface area contributed by atoms with Crippen molar-refractivity contribution in [3.05, 3.63) is 36.2 Å². The summed E-state index contributed by atoms with van der Waals surface area (Å²) in [5.41, 5.74) is 3.06. The summed E-state index contributed by atoms with van der Waals surface area (Å²) in [6, 6.07) is 8.76. The molecule has 3 aromatic heterocycles. The molecule has 1 saturated heterocycles. The second-order valence-electron chi connectivity index (χ2n) is 7.37. The Morgan fingerprint density at radius 2 is 2.22 bits per heavy atom. The van der Waals surface area contributed by atoms with Crippen LogP contribution in [0.2, 0.25) is 0 Å². The molecule has 3 aromatic rings.